The molecule has 1 N–H and O–H groups in total. The van der Waals surface area contributed by atoms with Gasteiger partial charge >= 0.3 is 0 Å². The van der Waals surface area contributed by atoms with Crippen LogP contribution in [0.4, 0.5) is 0 Å². The maximum atomic E-state index is 4.44. The standard InChI is InChI=1S/C16H22BrN3/c1-5-18-16(10-14-8-12(3)19-20(14)4)15-9-13(17)7-6-11(15)2/h6-9,16,18H,5,10H2,1-4H3. The lowest BCUT2D eigenvalue weighted by Crippen LogP contribution is -2.24. The van der Waals surface area contributed by atoms with Crippen molar-refractivity contribution in [3.63, 3.8) is 0 Å². The third-order valence-electron chi connectivity index (χ3n) is 3.58. The molecular weight excluding hydrogens is 314 g/mol. The molecule has 0 spiro atoms. The second-order valence-electron chi connectivity index (χ2n) is 5.22. The van der Waals surface area contributed by atoms with E-state index in [9.17, 15) is 0 Å². The molecule has 0 radical (unpaired) electrons. The molecule has 20 heavy (non-hydrogen) atoms. The van der Waals surface area contributed by atoms with Gasteiger partial charge in [0.1, 0.15) is 0 Å². The van der Waals surface area contributed by atoms with Crippen LogP contribution in [0, 0.1) is 13.8 Å². The van der Waals surface area contributed by atoms with Gasteiger partial charge in [-0.25, -0.2) is 0 Å². The number of aromatic nitrogens is 2. The van der Waals surface area contributed by atoms with Gasteiger partial charge < -0.3 is 5.32 Å². The lowest BCUT2D eigenvalue weighted by atomic mass is 9.97. The monoisotopic (exact) mass is 335 g/mol. The summed E-state index contributed by atoms with van der Waals surface area (Å²) in [4.78, 5) is 0. The Hall–Kier alpha value is -1.13. The van der Waals surface area contributed by atoms with E-state index in [0.29, 0.717) is 6.04 Å². The van der Waals surface area contributed by atoms with Gasteiger partial charge in [-0.1, -0.05) is 28.9 Å². The topological polar surface area (TPSA) is 29.9 Å². The summed E-state index contributed by atoms with van der Waals surface area (Å²) in [5, 5.41) is 8.03. The Morgan fingerprint density at radius 3 is 2.65 bits per heavy atom. The van der Waals surface area contributed by atoms with E-state index in [1.165, 1.54) is 16.8 Å². The van der Waals surface area contributed by atoms with Gasteiger partial charge in [0.25, 0.3) is 0 Å². The molecule has 1 unspecified atom stereocenters. The lowest BCUT2D eigenvalue weighted by Gasteiger charge is -2.21. The summed E-state index contributed by atoms with van der Waals surface area (Å²) < 4.78 is 3.11. The van der Waals surface area contributed by atoms with Crippen molar-refractivity contribution in [2.45, 2.75) is 33.2 Å². The minimum absolute atomic E-state index is 0.312. The fourth-order valence-corrected chi connectivity index (χ4v) is 2.97. The minimum Gasteiger partial charge on any atom is -0.310 e. The fourth-order valence-electron chi connectivity index (χ4n) is 2.59. The molecule has 2 aromatic rings. The van der Waals surface area contributed by atoms with E-state index in [2.05, 4.69) is 64.5 Å². The van der Waals surface area contributed by atoms with E-state index in [1.807, 2.05) is 18.7 Å². The van der Waals surface area contributed by atoms with Gasteiger partial charge in [-0.3, -0.25) is 4.68 Å². The highest BCUT2D eigenvalue weighted by atomic mass is 79.9. The molecule has 0 saturated carbocycles. The van der Waals surface area contributed by atoms with Gasteiger partial charge in [-0.05, 0) is 49.7 Å². The number of benzene rings is 1. The molecule has 0 aliphatic carbocycles. The second-order valence-corrected chi connectivity index (χ2v) is 6.13. The molecule has 0 aliphatic rings. The molecule has 1 aromatic heterocycles. The molecule has 1 aromatic carbocycles. The van der Waals surface area contributed by atoms with Gasteiger partial charge in [-0.2, -0.15) is 5.10 Å². The first-order valence-electron chi connectivity index (χ1n) is 7.00. The fraction of sp³-hybridized carbons (Fsp3) is 0.438. The van der Waals surface area contributed by atoms with Crippen molar-refractivity contribution < 1.29 is 0 Å². The van der Waals surface area contributed by atoms with Crippen molar-refractivity contribution in [3.8, 4) is 0 Å². The maximum Gasteiger partial charge on any atom is 0.0596 e. The summed E-state index contributed by atoms with van der Waals surface area (Å²) in [6, 6.07) is 8.95. The van der Waals surface area contributed by atoms with Crippen molar-refractivity contribution in [2.75, 3.05) is 6.54 Å². The molecular formula is C16H22BrN3. The Morgan fingerprint density at radius 1 is 1.30 bits per heavy atom. The van der Waals surface area contributed by atoms with Crippen molar-refractivity contribution in [1.82, 2.24) is 15.1 Å². The van der Waals surface area contributed by atoms with E-state index < -0.39 is 0 Å². The third kappa shape index (κ3) is 3.49. The smallest absolute Gasteiger partial charge is 0.0596 e. The van der Waals surface area contributed by atoms with Crippen LogP contribution >= 0.6 is 15.9 Å². The Kier molecular flexibility index (Phi) is 5.00. The molecule has 0 aliphatic heterocycles. The molecule has 1 atom stereocenters. The van der Waals surface area contributed by atoms with Crippen LogP contribution in [0.3, 0.4) is 0 Å². The maximum absolute atomic E-state index is 4.44. The lowest BCUT2D eigenvalue weighted by molar-refractivity contribution is 0.526. The summed E-state index contributed by atoms with van der Waals surface area (Å²) in [7, 11) is 2.01. The van der Waals surface area contributed by atoms with Crippen molar-refractivity contribution in [2.24, 2.45) is 7.05 Å². The van der Waals surface area contributed by atoms with Crippen molar-refractivity contribution >= 4 is 15.9 Å². The summed E-state index contributed by atoms with van der Waals surface area (Å²) in [5.41, 5.74) is 5.00. The summed E-state index contributed by atoms with van der Waals surface area (Å²) in [6.07, 6.45) is 0.947. The van der Waals surface area contributed by atoms with E-state index in [1.54, 1.807) is 0 Å². The first-order valence-corrected chi connectivity index (χ1v) is 7.79. The Balaban J connectivity index is 2.31. The second kappa shape index (κ2) is 6.55. The SMILES string of the molecule is CCNC(Cc1cc(C)nn1C)c1cc(Br)ccc1C. The number of nitrogens with one attached hydrogen (secondary N) is 1. The largest absolute Gasteiger partial charge is 0.310 e. The average Bonchev–Trinajstić information content (AvgIpc) is 2.70. The van der Waals surface area contributed by atoms with Crippen molar-refractivity contribution in [1.29, 1.82) is 0 Å². The minimum atomic E-state index is 0.312. The predicted octanol–water partition coefficient (Wildman–Crippen LogP) is 3.69. The molecule has 1 heterocycles. The predicted molar refractivity (Wildman–Crippen MR) is 86.9 cm³/mol. The molecule has 0 amide bonds. The normalized spacial score (nSPS) is 12.7. The van der Waals surface area contributed by atoms with Gasteiger partial charge in [0.2, 0.25) is 0 Å². The van der Waals surface area contributed by atoms with Crippen LogP contribution in [-0.4, -0.2) is 16.3 Å². The molecule has 4 heteroatoms. The third-order valence-corrected chi connectivity index (χ3v) is 4.07. The van der Waals surface area contributed by atoms with Crippen LogP contribution in [0.1, 0.15) is 35.5 Å². The summed E-state index contributed by atoms with van der Waals surface area (Å²) >= 11 is 3.57. The Bertz CT molecular complexity index is 589. The highest BCUT2D eigenvalue weighted by Gasteiger charge is 2.16. The molecule has 2 rings (SSSR count). The van der Waals surface area contributed by atoms with Crippen LogP contribution < -0.4 is 5.32 Å². The van der Waals surface area contributed by atoms with E-state index >= 15 is 0 Å². The number of hydrogen-bond donors (Lipinski definition) is 1. The van der Waals surface area contributed by atoms with E-state index in [4.69, 9.17) is 0 Å². The van der Waals surface area contributed by atoms with Crippen LogP contribution in [0.25, 0.3) is 0 Å². The molecule has 108 valence electrons. The van der Waals surface area contributed by atoms with E-state index in [-0.39, 0.29) is 0 Å². The molecule has 0 saturated heterocycles. The van der Waals surface area contributed by atoms with Gasteiger partial charge in [0, 0.05) is 29.7 Å². The zero-order chi connectivity index (χ0) is 14.7. The number of nitrogens with zero attached hydrogens (tertiary/aromatic N) is 2. The molecule has 0 bridgehead atoms. The molecule has 3 nitrogen and oxygen atoms in total. The number of aryl methyl sites for hydroxylation is 3. The Morgan fingerprint density at radius 2 is 2.05 bits per heavy atom. The van der Waals surface area contributed by atoms with Gasteiger partial charge in [-0.15, -0.1) is 0 Å². The van der Waals surface area contributed by atoms with Gasteiger partial charge in [0.15, 0.2) is 0 Å². The first-order chi connectivity index (χ1) is 9.51. The molecule has 0 fully saturated rings. The first kappa shape index (κ1) is 15.3. The quantitative estimate of drug-likeness (QED) is 0.902. The van der Waals surface area contributed by atoms with Crippen LogP contribution in [0.5, 0.6) is 0 Å². The number of hydrogen-bond acceptors (Lipinski definition) is 2. The van der Waals surface area contributed by atoms with Crippen LogP contribution in [-0.2, 0) is 13.5 Å². The number of rotatable bonds is 5. The number of likely N-dealkylation sites (N-methyl/N-ethyl adjacent to an activating group) is 1. The van der Waals surface area contributed by atoms with Crippen molar-refractivity contribution in [3.05, 3.63) is 51.3 Å². The average molecular weight is 336 g/mol. The highest BCUT2D eigenvalue weighted by Crippen LogP contribution is 2.25. The Labute approximate surface area is 129 Å². The van der Waals surface area contributed by atoms with Crippen LogP contribution in [0.15, 0.2) is 28.7 Å². The van der Waals surface area contributed by atoms with E-state index in [0.717, 1.165) is 23.1 Å². The van der Waals surface area contributed by atoms with Gasteiger partial charge in [0.05, 0.1) is 5.69 Å². The number of halogens is 1. The zero-order valence-corrected chi connectivity index (χ0v) is 14.2. The summed E-state index contributed by atoms with van der Waals surface area (Å²) in [6.45, 7) is 7.30. The van der Waals surface area contributed by atoms with Crippen LogP contribution in [0.2, 0.25) is 0 Å². The highest BCUT2D eigenvalue weighted by molar-refractivity contribution is 9.10. The summed E-state index contributed by atoms with van der Waals surface area (Å²) in [5.74, 6) is 0. The zero-order valence-electron chi connectivity index (χ0n) is 12.6.